The first kappa shape index (κ1) is 41.5. The van der Waals surface area contributed by atoms with Crippen molar-refractivity contribution in [3.05, 3.63) is 47.7 Å². The summed E-state index contributed by atoms with van der Waals surface area (Å²) in [4.78, 5) is 56.3. The summed E-state index contributed by atoms with van der Waals surface area (Å²) in [5.41, 5.74) is -1.18. The number of esters is 2. The van der Waals surface area contributed by atoms with Crippen molar-refractivity contribution in [2.75, 3.05) is 38.2 Å². The van der Waals surface area contributed by atoms with Crippen LogP contribution in [0.2, 0.25) is 0 Å². The van der Waals surface area contributed by atoms with Gasteiger partial charge in [0.05, 0.1) is 35.6 Å². The predicted molar refractivity (Wildman–Crippen MR) is 212 cm³/mol. The fourth-order valence-electron chi connectivity index (χ4n) is 8.46. The highest BCUT2D eigenvalue weighted by molar-refractivity contribution is 6.03. The Morgan fingerprint density at radius 1 is 1.00 bits per heavy atom. The molecule has 4 aliphatic rings. The van der Waals surface area contributed by atoms with E-state index in [1.807, 2.05) is 4.90 Å². The van der Waals surface area contributed by atoms with Gasteiger partial charge in [0.2, 0.25) is 6.29 Å². The zero-order valence-corrected chi connectivity index (χ0v) is 33.9. The standard InChI is InChI=1S/C36H35F2N5O7.C7H12FN/c1-8-24-27(37)12-9-20-13-23(50-33(45)36(4,5)6)14-25(28(20)24)30-29(38)31-26(15-39-30)32(41-34(40-31)47-7)42-16-21-10-11-22(17-42)43(21)35(46)49-19(3)48-18(2)44;8-6-4-7-2-1-3-9(7)5-6/h1,9,12-15,19,21-22H,10-11,16-17H2,2-7H3;6-7H,1-5H2/t;6-,7?/m.1/s1. The van der Waals surface area contributed by atoms with Crippen LogP contribution < -0.4 is 14.4 Å². The smallest absolute Gasteiger partial charge is 0.413 e. The Labute approximate surface area is 340 Å². The van der Waals surface area contributed by atoms with E-state index in [2.05, 4.69) is 25.8 Å². The summed E-state index contributed by atoms with van der Waals surface area (Å²) in [5, 5.41) is 0.886. The minimum absolute atomic E-state index is 0.0957. The predicted octanol–water partition coefficient (Wildman–Crippen LogP) is 6.96. The van der Waals surface area contributed by atoms with Gasteiger partial charge in [-0.15, -0.1) is 6.42 Å². The second-order valence-corrected chi connectivity index (χ2v) is 16.4. The number of rotatable bonds is 6. The Kier molecular flexibility index (Phi) is 11.6. The Morgan fingerprint density at radius 3 is 2.37 bits per heavy atom. The van der Waals surface area contributed by atoms with E-state index in [0.29, 0.717) is 49.7 Å². The van der Waals surface area contributed by atoms with Gasteiger partial charge in [-0.3, -0.25) is 24.4 Å². The van der Waals surface area contributed by atoms with E-state index in [1.54, 1.807) is 25.7 Å². The molecule has 59 heavy (non-hydrogen) atoms. The van der Waals surface area contributed by atoms with Gasteiger partial charge < -0.3 is 23.8 Å². The fourth-order valence-corrected chi connectivity index (χ4v) is 8.46. The third-order valence-corrected chi connectivity index (χ3v) is 11.1. The minimum Gasteiger partial charge on any atom is -0.467 e. The van der Waals surface area contributed by atoms with Gasteiger partial charge in [0.1, 0.15) is 34.8 Å². The molecule has 0 radical (unpaired) electrons. The van der Waals surface area contributed by atoms with Crippen molar-refractivity contribution < 1.29 is 46.5 Å². The van der Waals surface area contributed by atoms with Crippen LogP contribution in [0, 0.1) is 29.4 Å². The Hall–Kier alpha value is -5.69. The third kappa shape index (κ3) is 8.43. The molecule has 6 heterocycles. The number of amides is 1. The Morgan fingerprint density at radius 2 is 1.73 bits per heavy atom. The van der Waals surface area contributed by atoms with Crippen LogP contribution in [-0.2, 0) is 19.1 Å². The monoisotopic (exact) mass is 816 g/mol. The van der Waals surface area contributed by atoms with E-state index in [9.17, 15) is 18.8 Å². The fraction of sp³-hybridized carbons (Fsp3) is 0.488. The summed E-state index contributed by atoms with van der Waals surface area (Å²) in [7, 11) is 1.36. The summed E-state index contributed by atoms with van der Waals surface area (Å²) in [6.45, 7) is 10.3. The topological polar surface area (TPSA) is 137 Å². The number of hydrogen-bond acceptors (Lipinski definition) is 12. The minimum atomic E-state index is -1.05. The highest BCUT2D eigenvalue weighted by Gasteiger charge is 2.45. The zero-order chi connectivity index (χ0) is 42.3. The number of fused-ring (bicyclic) bond motifs is 5. The molecule has 0 saturated carbocycles. The summed E-state index contributed by atoms with van der Waals surface area (Å²) in [6.07, 6.45) is 9.68. The van der Waals surface area contributed by atoms with E-state index in [4.69, 9.17) is 25.4 Å². The lowest BCUT2D eigenvalue weighted by atomic mass is 9.95. The molecule has 0 spiro atoms. The van der Waals surface area contributed by atoms with Crippen LogP contribution in [-0.4, -0.2) is 107 Å². The molecule has 4 unspecified atom stereocenters. The number of alkyl halides is 1. The van der Waals surface area contributed by atoms with Gasteiger partial charge in [-0.25, -0.2) is 18.0 Å². The normalized spacial score (nSPS) is 21.7. The van der Waals surface area contributed by atoms with E-state index in [0.717, 1.165) is 13.0 Å². The number of pyridine rings is 1. The van der Waals surface area contributed by atoms with Crippen molar-refractivity contribution in [1.82, 2.24) is 24.8 Å². The second-order valence-electron chi connectivity index (χ2n) is 16.4. The molecule has 5 atom stereocenters. The average Bonchev–Trinajstić information content (AvgIpc) is 3.84. The molecule has 2 aromatic carbocycles. The lowest BCUT2D eigenvalue weighted by Crippen LogP contribution is -2.56. The quantitative estimate of drug-likeness (QED) is 0.0862. The van der Waals surface area contributed by atoms with E-state index >= 15 is 8.78 Å². The van der Waals surface area contributed by atoms with Crippen LogP contribution in [0.5, 0.6) is 11.8 Å². The number of anilines is 1. The van der Waals surface area contributed by atoms with Gasteiger partial charge in [-0.2, -0.15) is 9.97 Å². The van der Waals surface area contributed by atoms with Crippen molar-refractivity contribution in [3.8, 4) is 35.4 Å². The molecular formula is C43H47F3N6O7. The molecule has 312 valence electrons. The van der Waals surface area contributed by atoms with Crippen LogP contribution in [0.3, 0.4) is 0 Å². The van der Waals surface area contributed by atoms with Crippen LogP contribution in [0.25, 0.3) is 32.9 Å². The Balaban J connectivity index is 0.000000513. The summed E-state index contributed by atoms with van der Waals surface area (Å²) < 4.78 is 65.8. The second kappa shape index (κ2) is 16.5. The molecule has 1 amide bonds. The van der Waals surface area contributed by atoms with Crippen molar-refractivity contribution in [3.63, 3.8) is 0 Å². The number of halogens is 3. The molecule has 8 rings (SSSR count). The number of methoxy groups -OCH3 is 1. The molecule has 4 saturated heterocycles. The maximum atomic E-state index is 16.8. The van der Waals surface area contributed by atoms with E-state index in [-0.39, 0.29) is 57.0 Å². The molecule has 4 aliphatic heterocycles. The number of nitrogens with zero attached hydrogens (tertiary/aromatic N) is 6. The highest BCUT2D eigenvalue weighted by Crippen LogP contribution is 2.41. The lowest BCUT2D eigenvalue weighted by Gasteiger charge is -2.41. The number of hydrogen-bond donors (Lipinski definition) is 0. The van der Waals surface area contributed by atoms with Gasteiger partial charge in [0.25, 0.3) is 0 Å². The summed E-state index contributed by atoms with van der Waals surface area (Å²) in [6, 6.07) is 5.57. The first-order valence-corrected chi connectivity index (χ1v) is 19.7. The van der Waals surface area contributed by atoms with Crippen LogP contribution in [0.15, 0.2) is 30.5 Å². The van der Waals surface area contributed by atoms with Gasteiger partial charge in [0, 0.05) is 56.7 Å². The van der Waals surface area contributed by atoms with Crippen LogP contribution in [0.4, 0.5) is 23.8 Å². The number of aromatic nitrogens is 3. The van der Waals surface area contributed by atoms with Gasteiger partial charge >= 0.3 is 24.0 Å². The molecule has 0 N–H and O–H groups in total. The molecule has 16 heteroatoms. The molecule has 0 aliphatic carbocycles. The van der Waals surface area contributed by atoms with E-state index in [1.165, 1.54) is 64.3 Å². The summed E-state index contributed by atoms with van der Waals surface area (Å²) >= 11 is 0. The zero-order valence-electron chi connectivity index (χ0n) is 33.9. The average molecular weight is 817 g/mol. The lowest BCUT2D eigenvalue weighted by molar-refractivity contribution is -0.163. The number of ether oxygens (including phenoxy) is 4. The largest absolute Gasteiger partial charge is 0.467 e. The maximum Gasteiger partial charge on any atom is 0.413 e. The van der Waals surface area contributed by atoms with Crippen LogP contribution >= 0.6 is 0 Å². The molecule has 2 bridgehead atoms. The molecule has 13 nitrogen and oxygen atoms in total. The molecule has 4 fully saturated rings. The number of terminal acetylenes is 1. The van der Waals surface area contributed by atoms with Crippen molar-refractivity contribution >= 4 is 45.5 Å². The SMILES string of the molecule is C#Cc1c(F)ccc2cc(OC(=O)C(C)(C)C)cc(-c3ncc4c(N5CC6CCC(C5)N6C(=O)OC(C)OC(C)=O)nc(OC)nc4c3F)c12.F[C@@H]1CC2CCCN2C1. The Bertz CT molecular complexity index is 2320. The van der Waals surface area contributed by atoms with Crippen molar-refractivity contribution in [2.45, 2.75) is 97.3 Å². The first-order chi connectivity index (χ1) is 28.1. The maximum absolute atomic E-state index is 16.8. The third-order valence-electron chi connectivity index (χ3n) is 11.1. The molecular weight excluding hydrogens is 770 g/mol. The number of carbonyl (C=O) groups is 3. The van der Waals surface area contributed by atoms with Crippen LogP contribution in [0.1, 0.15) is 72.3 Å². The molecule has 2 aromatic heterocycles. The van der Waals surface area contributed by atoms with Gasteiger partial charge in [0.15, 0.2) is 5.82 Å². The first-order valence-electron chi connectivity index (χ1n) is 19.7. The number of piperazine rings is 1. The number of benzene rings is 2. The van der Waals surface area contributed by atoms with Gasteiger partial charge in [-0.05, 0) is 83.0 Å². The van der Waals surface area contributed by atoms with Crippen molar-refractivity contribution in [2.24, 2.45) is 5.41 Å². The molecule has 4 aromatic rings. The van der Waals surface area contributed by atoms with Crippen molar-refractivity contribution in [1.29, 1.82) is 0 Å². The summed E-state index contributed by atoms with van der Waals surface area (Å²) in [5.74, 6) is 0.152. The number of carbonyl (C=O) groups excluding carboxylic acids is 3. The van der Waals surface area contributed by atoms with Gasteiger partial charge in [-0.1, -0.05) is 12.0 Å². The highest BCUT2D eigenvalue weighted by atomic mass is 19.1. The van der Waals surface area contributed by atoms with E-state index < -0.39 is 47.5 Å².